The molecule has 0 spiro atoms. The summed E-state index contributed by atoms with van der Waals surface area (Å²) in [7, 11) is -3.84. The predicted molar refractivity (Wildman–Crippen MR) is 105 cm³/mol. The number of nitro groups is 1. The van der Waals surface area contributed by atoms with Gasteiger partial charge < -0.3 is 5.32 Å². The Hall–Kier alpha value is -2.33. The van der Waals surface area contributed by atoms with Crippen molar-refractivity contribution in [1.82, 2.24) is 4.98 Å². The van der Waals surface area contributed by atoms with Crippen LogP contribution < -0.4 is 5.32 Å². The molecule has 2 aromatic rings. The fourth-order valence-corrected chi connectivity index (χ4v) is 5.75. The van der Waals surface area contributed by atoms with Crippen molar-refractivity contribution < 1.29 is 18.1 Å². The van der Waals surface area contributed by atoms with Crippen molar-refractivity contribution in [2.45, 2.75) is 54.1 Å². The Morgan fingerprint density at radius 3 is 2.54 bits per heavy atom. The van der Waals surface area contributed by atoms with Gasteiger partial charge in [-0.3, -0.25) is 14.9 Å². The number of nitrogens with zero attached hydrogens (tertiary/aromatic N) is 2. The number of sulfone groups is 1. The van der Waals surface area contributed by atoms with Crippen LogP contribution in [0.4, 0.5) is 10.8 Å². The van der Waals surface area contributed by atoms with Crippen molar-refractivity contribution in [3.63, 3.8) is 0 Å². The maximum absolute atomic E-state index is 12.6. The number of amides is 1. The van der Waals surface area contributed by atoms with E-state index in [1.54, 1.807) is 0 Å². The maximum atomic E-state index is 12.6. The molecule has 1 saturated carbocycles. The van der Waals surface area contributed by atoms with Gasteiger partial charge in [0.1, 0.15) is 4.21 Å². The highest BCUT2D eigenvalue weighted by atomic mass is 32.2. The minimum atomic E-state index is -3.84. The Bertz CT molecular complexity index is 948. The summed E-state index contributed by atoms with van der Waals surface area (Å²) in [6.07, 6.45) is 8.49. The molecule has 10 heteroatoms. The molecule has 150 valence electrons. The number of rotatable bonds is 7. The number of hydrogen-bond donors (Lipinski definition) is 1. The first-order valence-electron chi connectivity index (χ1n) is 9.11. The van der Waals surface area contributed by atoms with Crippen molar-refractivity contribution in [1.29, 1.82) is 0 Å². The molecule has 1 amide bonds. The van der Waals surface area contributed by atoms with Gasteiger partial charge in [-0.15, -0.1) is 0 Å². The lowest BCUT2D eigenvalue weighted by Crippen LogP contribution is -2.14. The SMILES string of the molecule is O=C(CCC1CCCCC1)Nc1ncc(S(=O)(=O)c2ccc([N+](=O)[O-])cc2)s1. The standard InChI is InChI=1S/C18H21N3O5S2/c22-16(11-6-13-4-2-1-3-5-13)20-18-19-12-17(27-18)28(25,26)15-9-7-14(8-10-15)21(23)24/h7-10,12-13H,1-6,11H2,(H,19,20,22). The zero-order valence-electron chi connectivity index (χ0n) is 15.2. The molecule has 1 fully saturated rings. The highest BCUT2D eigenvalue weighted by molar-refractivity contribution is 7.93. The summed E-state index contributed by atoms with van der Waals surface area (Å²) < 4.78 is 25.2. The molecule has 0 unspecified atom stereocenters. The number of anilines is 1. The van der Waals surface area contributed by atoms with E-state index in [9.17, 15) is 23.3 Å². The van der Waals surface area contributed by atoms with E-state index in [4.69, 9.17) is 0 Å². The second kappa shape index (κ2) is 8.78. The molecule has 1 aromatic carbocycles. The van der Waals surface area contributed by atoms with Crippen LogP contribution in [0.5, 0.6) is 0 Å². The molecule has 28 heavy (non-hydrogen) atoms. The number of carbonyl (C=O) groups is 1. The molecular weight excluding hydrogens is 402 g/mol. The van der Waals surface area contributed by atoms with Crippen LogP contribution in [0.25, 0.3) is 0 Å². The van der Waals surface area contributed by atoms with Crippen molar-refractivity contribution in [2.24, 2.45) is 5.92 Å². The minimum Gasteiger partial charge on any atom is -0.302 e. The lowest BCUT2D eigenvalue weighted by atomic mass is 9.86. The summed E-state index contributed by atoms with van der Waals surface area (Å²) >= 11 is 0.870. The third kappa shape index (κ3) is 4.93. The third-order valence-corrected chi connectivity index (χ3v) is 8.00. The molecule has 1 aliphatic carbocycles. The number of carbonyl (C=O) groups excluding carboxylic acids is 1. The summed E-state index contributed by atoms with van der Waals surface area (Å²) in [6.45, 7) is 0. The normalized spacial score (nSPS) is 15.3. The average Bonchev–Trinajstić information content (AvgIpc) is 3.16. The van der Waals surface area contributed by atoms with Gasteiger partial charge in [0, 0.05) is 18.6 Å². The van der Waals surface area contributed by atoms with Crippen LogP contribution in [0.2, 0.25) is 0 Å². The van der Waals surface area contributed by atoms with Crippen LogP contribution in [0.15, 0.2) is 39.6 Å². The van der Waals surface area contributed by atoms with Crippen molar-refractivity contribution >= 4 is 37.9 Å². The van der Waals surface area contributed by atoms with Gasteiger partial charge in [-0.2, -0.15) is 0 Å². The van der Waals surface area contributed by atoms with Gasteiger partial charge in [-0.05, 0) is 24.5 Å². The summed E-state index contributed by atoms with van der Waals surface area (Å²) in [5.74, 6) is 0.424. The zero-order chi connectivity index (χ0) is 20.1. The molecule has 1 aromatic heterocycles. The lowest BCUT2D eigenvalue weighted by molar-refractivity contribution is -0.384. The Morgan fingerprint density at radius 2 is 1.89 bits per heavy atom. The molecule has 1 N–H and O–H groups in total. The van der Waals surface area contributed by atoms with Gasteiger partial charge in [0.25, 0.3) is 5.69 Å². The summed E-state index contributed by atoms with van der Waals surface area (Å²) in [5, 5.41) is 13.6. The smallest absolute Gasteiger partial charge is 0.269 e. The van der Waals surface area contributed by atoms with Crippen LogP contribution in [-0.4, -0.2) is 24.2 Å². The van der Waals surface area contributed by atoms with E-state index < -0.39 is 14.8 Å². The molecular formula is C18H21N3O5S2. The highest BCUT2D eigenvalue weighted by Crippen LogP contribution is 2.30. The van der Waals surface area contributed by atoms with Crippen LogP contribution in [0, 0.1) is 16.0 Å². The molecule has 0 aliphatic heterocycles. The maximum Gasteiger partial charge on any atom is 0.269 e. The Labute approximate surface area is 167 Å². The van der Waals surface area contributed by atoms with Crippen LogP contribution in [-0.2, 0) is 14.6 Å². The van der Waals surface area contributed by atoms with Crippen LogP contribution in [0.1, 0.15) is 44.9 Å². The van der Waals surface area contributed by atoms with E-state index in [0.29, 0.717) is 12.3 Å². The lowest BCUT2D eigenvalue weighted by Gasteiger charge is -2.20. The van der Waals surface area contributed by atoms with E-state index in [2.05, 4.69) is 10.3 Å². The Morgan fingerprint density at radius 1 is 1.21 bits per heavy atom. The molecule has 1 heterocycles. The Balaban J connectivity index is 1.62. The topological polar surface area (TPSA) is 119 Å². The van der Waals surface area contributed by atoms with E-state index in [1.165, 1.54) is 50.4 Å². The van der Waals surface area contributed by atoms with E-state index in [0.717, 1.165) is 29.9 Å². The third-order valence-electron chi connectivity index (χ3n) is 4.86. The van der Waals surface area contributed by atoms with Crippen LogP contribution in [0.3, 0.4) is 0 Å². The van der Waals surface area contributed by atoms with Gasteiger partial charge in [0.2, 0.25) is 15.7 Å². The fourth-order valence-electron chi connectivity index (χ4n) is 3.30. The van der Waals surface area contributed by atoms with Gasteiger partial charge >= 0.3 is 0 Å². The van der Waals surface area contributed by atoms with Crippen molar-refractivity contribution in [2.75, 3.05) is 5.32 Å². The molecule has 0 saturated heterocycles. The molecule has 0 atom stereocenters. The molecule has 1 aliphatic rings. The number of non-ortho nitro benzene ring substituents is 1. The summed E-state index contributed by atoms with van der Waals surface area (Å²) in [6, 6.07) is 4.66. The minimum absolute atomic E-state index is 0.0241. The zero-order valence-corrected chi connectivity index (χ0v) is 16.8. The van der Waals surface area contributed by atoms with Crippen LogP contribution >= 0.6 is 11.3 Å². The summed E-state index contributed by atoms with van der Waals surface area (Å²) in [4.78, 5) is 26.2. The summed E-state index contributed by atoms with van der Waals surface area (Å²) in [5.41, 5.74) is -0.186. The van der Waals surface area contributed by atoms with Crippen molar-refractivity contribution in [3.8, 4) is 0 Å². The second-order valence-corrected chi connectivity index (χ2v) is 10.0. The molecule has 0 radical (unpaired) electrons. The fraction of sp³-hybridized carbons (Fsp3) is 0.444. The van der Waals surface area contributed by atoms with E-state index in [-0.39, 0.29) is 25.8 Å². The number of benzene rings is 1. The quantitative estimate of drug-likeness (QED) is 0.527. The van der Waals surface area contributed by atoms with E-state index in [1.807, 2.05) is 0 Å². The van der Waals surface area contributed by atoms with Gasteiger partial charge in [0.15, 0.2) is 5.13 Å². The largest absolute Gasteiger partial charge is 0.302 e. The van der Waals surface area contributed by atoms with E-state index >= 15 is 0 Å². The number of aromatic nitrogens is 1. The monoisotopic (exact) mass is 423 g/mol. The predicted octanol–water partition coefficient (Wildman–Crippen LogP) is 4.18. The number of nitrogens with one attached hydrogen (secondary N) is 1. The Kier molecular flexibility index (Phi) is 6.40. The molecule has 8 nitrogen and oxygen atoms in total. The van der Waals surface area contributed by atoms with Gasteiger partial charge in [-0.1, -0.05) is 43.4 Å². The van der Waals surface area contributed by atoms with Gasteiger partial charge in [-0.25, -0.2) is 13.4 Å². The first-order valence-corrected chi connectivity index (χ1v) is 11.4. The first-order chi connectivity index (χ1) is 13.4. The number of hydrogen-bond acceptors (Lipinski definition) is 7. The van der Waals surface area contributed by atoms with Gasteiger partial charge in [0.05, 0.1) is 16.0 Å². The number of thiazole rings is 1. The first kappa shape index (κ1) is 20.4. The second-order valence-electron chi connectivity index (χ2n) is 6.83. The number of nitro benzene ring substituents is 1. The van der Waals surface area contributed by atoms with Crippen molar-refractivity contribution in [3.05, 3.63) is 40.6 Å². The average molecular weight is 424 g/mol. The molecule has 3 rings (SSSR count). The highest BCUT2D eigenvalue weighted by Gasteiger charge is 2.22. The molecule has 0 bridgehead atoms.